The molecular formula is C26H39FO4. The molecular weight excluding hydrogens is 395 g/mol. The van der Waals surface area contributed by atoms with Crippen molar-refractivity contribution < 1.29 is 23.9 Å². The molecule has 4 nitrogen and oxygen atoms in total. The molecule has 4 fully saturated rings. The molecule has 4 aliphatic rings. The molecule has 10 atom stereocenters. The SMILES string of the molecule is CC[C@H]1C(=O)[C@@H]2[C@H](CC[C@]3(C)[C@@H](C(C)CCC(=O)O)CC[C@@H]23)[C@@]2(C)C[C@H](F)C(=O)C[C@@H]12. The van der Waals surface area contributed by atoms with Crippen molar-refractivity contribution in [3.63, 3.8) is 0 Å². The molecule has 0 aromatic heterocycles. The number of ketones is 2. The Morgan fingerprint density at radius 3 is 2.45 bits per heavy atom. The number of aliphatic carboxylic acids is 1. The summed E-state index contributed by atoms with van der Waals surface area (Å²) in [5.41, 5.74) is -0.225. The van der Waals surface area contributed by atoms with Gasteiger partial charge in [0.1, 0.15) is 5.78 Å². The lowest BCUT2D eigenvalue weighted by molar-refractivity contribution is -0.174. The normalized spacial score (nSPS) is 48.0. The average Bonchev–Trinajstić information content (AvgIpc) is 3.06. The Bertz CT molecular complexity index is 765. The maximum Gasteiger partial charge on any atom is 0.303 e. The van der Waals surface area contributed by atoms with Gasteiger partial charge in [0, 0.05) is 24.7 Å². The number of fused-ring (bicyclic) bond motifs is 5. The number of carboxylic acid groups (broad SMARTS) is 1. The van der Waals surface area contributed by atoms with Crippen LogP contribution >= 0.6 is 0 Å². The quantitative estimate of drug-likeness (QED) is 0.622. The summed E-state index contributed by atoms with van der Waals surface area (Å²) in [4.78, 5) is 37.2. The summed E-state index contributed by atoms with van der Waals surface area (Å²) in [6.45, 7) is 8.74. The summed E-state index contributed by atoms with van der Waals surface area (Å²) in [6.07, 6.45) is 4.77. The van der Waals surface area contributed by atoms with Gasteiger partial charge in [0.2, 0.25) is 0 Å². The second kappa shape index (κ2) is 7.95. The molecule has 0 aromatic rings. The Balaban J connectivity index is 1.65. The molecule has 0 bridgehead atoms. The highest BCUT2D eigenvalue weighted by atomic mass is 19.1. The summed E-state index contributed by atoms with van der Waals surface area (Å²) in [7, 11) is 0. The van der Waals surface area contributed by atoms with Crippen molar-refractivity contribution in [3.8, 4) is 0 Å². The van der Waals surface area contributed by atoms with E-state index in [1.165, 1.54) is 0 Å². The molecule has 0 spiro atoms. The van der Waals surface area contributed by atoms with Crippen molar-refractivity contribution in [2.75, 3.05) is 0 Å². The van der Waals surface area contributed by atoms with Crippen molar-refractivity contribution in [1.82, 2.24) is 0 Å². The van der Waals surface area contributed by atoms with Gasteiger partial charge in [-0.2, -0.15) is 0 Å². The van der Waals surface area contributed by atoms with Crippen LogP contribution in [0, 0.1) is 52.3 Å². The van der Waals surface area contributed by atoms with Crippen molar-refractivity contribution >= 4 is 17.5 Å². The predicted molar refractivity (Wildman–Crippen MR) is 116 cm³/mol. The summed E-state index contributed by atoms with van der Waals surface area (Å²) >= 11 is 0. The number of carboxylic acids is 1. The molecule has 5 heteroatoms. The highest BCUT2D eigenvalue weighted by Gasteiger charge is 2.66. The first-order valence-electron chi connectivity index (χ1n) is 12.5. The van der Waals surface area contributed by atoms with E-state index in [-0.39, 0.29) is 59.5 Å². The summed E-state index contributed by atoms with van der Waals surface area (Å²) in [6, 6.07) is 0. The van der Waals surface area contributed by atoms with Crippen LogP contribution in [-0.2, 0) is 14.4 Å². The van der Waals surface area contributed by atoms with Gasteiger partial charge >= 0.3 is 5.97 Å². The van der Waals surface area contributed by atoms with E-state index in [4.69, 9.17) is 5.11 Å². The number of alkyl halides is 1. The first-order valence-corrected chi connectivity index (χ1v) is 12.5. The third-order valence-electron chi connectivity index (χ3n) is 10.5. The standard InChI is InChI=1S/C26H39FO4/c1-5-15-19-12-21(28)20(27)13-26(19,4)18-10-11-25(3)16(14(2)6-9-22(29)30)7-8-17(25)23(18)24(15)31/h14-20,23H,5-13H2,1-4H3,(H,29,30)/t14?,15-,16-,17+,18+,19+,20+,23+,25-,26-/m1/s1. The number of carbonyl (C=O) groups is 3. The van der Waals surface area contributed by atoms with Crippen LogP contribution in [0.4, 0.5) is 4.39 Å². The molecule has 174 valence electrons. The van der Waals surface area contributed by atoms with Gasteiger partial charge in [-0.15, -0.1) is 0 Å². The van der Waals surface area contributed by atoms with Crippen molar-refractivity contribution in [2.45, 2.75) is 91.7 Å². The number of hydrogen-bond donors (Lipinski definition) is 1. The van der Waals surface area contributed by atoms with Crippen molar-refractivity contribution in [3.05, 3.63) is 0 Å². The highest BCUT2D eigenvalue weighted by Crippen LogP contribution is 2.68. The Labute approximate surface area is 185 Å². The Morgan fingerprint density at radius 2 is 1.81 bits per heavy atom. The number of rotatable bonds is 5. The van der Waals surface area contributed by atoms with Crippen LogP contribution in [0.3, 0.4) is 0 Å². The van der Waals surface area contributed by atoms with E-state index in [0.717, 1.165) is 32.1 Å². The minimum atomic E-state index is -1.38. The number of halogens is 1. The lowest BCUT2D eigenvalue weighted by Crippen LogP contribution is -2.61. The zero-order valence-electron chi connectivity index (χ0n) is 19.5. The van der Waals surface area contributed by atoms with Crippen LogP contribution in [0.5, 0.6) is 0 Å². The third kappa shape index (κ3) is 3.40. The minimum Gasteiger partial charge on any atom is -0.481 e. The third-order valence-corrected chi connectivity index (χ3v) is 10.5. The lowest BCUT2D eigenvalue weighted by atomic mass is 9.41. The van der Waals surface area contributed by atoms with Gasteiger partial charge in [0.05, 0.1) is 0 Å². The van der Waals surface area contributed by atoms with Crippen LogP contribution in [0.2, 0.25) is 0 Å². The van der Waals surface area contributed by atoms with Gasteiger partial charge < -0.3 is 5.11 Å². The van der Waals surface area contributed by atoms with Gasteiger partial charge in [-0.3, -0.25) is 14.4 Å². The molecule has 0 saturated heterocycles. The zero-order chi connectivity index (χ0) is 22.7. The van der Waals surface area contributed by atoms with E-state index in [1.807, 2.05) is 6.92 Å². The Kier molecular flexibility index (Phi) is 5.88. The fourth-order valence-electron chi connectivity index (χ4n) is 8.99. The maximum absolute atomic E-state index is 14.7. The molecule has 4 rings (SSSR count). The van der Waals surface area contributed by atoms with Gasteiger partial charge in [-0.05, 0) is 85.4 Å². The fourth-order valence-corrected chi connectivity index (χ4v) is 8.99. The van der Waals surface area contributed by atoms with Gasteiger partial charge in [0.25, 0.3) is 0 Å². The van der Waals surface area contributed by atoms with E-state index in [0.29, 0.717) is 30.0 Å². The van der Waals surface area contributed by atoms with E-state index in [1.54, 1.807) is 0 Å². The molecule has 4 saturated carbocycles. The number of hydrogen-bond acceptors (Lipinski definition) is 3. The number of Topliss-reactive ketones (excluding diaryl/α,β-unsaturated/α-hetero) is 2. The van der Waals surface area contributed by atoms with Crippen LogP contribution in [0.15, 0.2) is 0 Å². The second-order valence-electron chi connectivity index (χ2n) is 11.7. The topological polar surface area (TPSA) is 71.4 Å². The Morgan fingerprint density at radius 1 is 1.13 bits per heavy atom. The molecule has 4 aliphatic carbocycles. The fraction of sp³-hybridized carbons (Fsp3) is 0.885. The zero-order valence-corrected chi connectivity index (χ0v) is 19.5. The monoisotopic (exact) mass is 434 g/mol. The lowest BCUT2D eigenvalue weighted by Gasteiger charge is -2.61. The average molecular weight is 435 g/mol. The molecule has 31 heavy (non-hydrogen) atoms. The van der Waals surface area contributed by atoms with E-state index in [9.17, 15) is 18.8 Å². The minimum absolute atomic E-state index is 0.0122. The second-order valence-corrected chi connectivity index (χ2v) is 11.7. The molecule has 0 aliphatic heterocycles. The summed E-state index contributed by atoms with van der Waals surface area (Å²) in [5, 5.41) is 9.13. The molecule has 0 heterocycles. The predicted octanol–water partition coefficient (Wildman–Crippen LogP) is 5.48. The van der Waals surface area contributed by atoms with Crippen LogP contribution in [0.25, 0.3) is 0 Å². The van der Waals surface area contributed by atoms with Crippen molar-refractivity contribution in [1.29, 1.82) is 0 Å². The van der Waals surface area contributed by atoms with E-state index in [2.05, 4.69) is 20.8 Å². The molecule has 0 radical (unpaired) electrons. The molecule has 1 unspecified atom stereocenters. The highest BCUT2D eigenvalue weighted by molar-refractivity contribution is 5.89. The Hall–Kier alpha value is -1.26. The molecule has 0 amide bonds. The van der Waals surface area contributed by atoms with Crippen molar-refractivity contribution in [2.24, 2.45) is 52.3 Å². The van der Waals surface area contributed by atoms with Gasteiger partial charge in [-0.25, -0.2) is 4.39 Å². The summed E-state index contributed by atoms with van der Waals surface area (Å²) < 4.78 is 14.7. The van der Waals surface area contributed by atoms with Gasteiger partial charge in [0.15, 0.2) is 12.0 Å². The molecule has 0 aromatic carbocycles. The van der Waals surface area contributed by atoms with Crippen LogP contribution < -0.4 is 0 Å². The largest absolute Gasteiger partial charge is 0.481 e. The van der Waals surface area contributed by atoms with Crippen LogP contribution in [0.1, 0.15) is 85.5 Å². The van der Waals surface area contributed by atoms with Crippen LogP contribution in [-0.4, -0.2) is 28.8 Å². The first-order chi connectivity index (χ1) is 14.5. The van der Waals surface area contributed by atoms with Gasteiger partial charge in [-0.1, -0.05) is 27.7 Å². The first kappa shape index (κ1) is 22.9. The maximum atomic E-state index is 14.7. The van der Waals surface area contributed by atoms with E-state index < -0.39 is 12.1 Å². The molecule has 1 N–H and O–H groups in total. The number of carbonyl (C=O) groups excluding carboxylic acids is 2. The smallest absolute Gasteiger partial charge is 0.303 e. The summed E-state index contributed by atoms with van der Waals surface area (Å²) in [5.74, 6) is 0.374. The van der Waals surface area contributed by atoms with E-state index >= 15 is 0 Å².